The molecule has 21 heavy (non-hydrogen) atoms. The molecule has 0 unspecified atom stereocenters. The lowest BCUT2D eigenvalue weighted by molar-refractivity contribution is -0.140. The smallest absolute Gasteiger partial charge is 0.265 e. The SMILES string of the molecule is CCCCC(=O)N1C[C@@]2(F)CN(CC3CC3)C(=O)[C@@]2(F)C1. The van der Waals surface area contributed by atoms with E-state index in [9.17, 15) is 18.4 Å². The summed E-state index contributed by atoms with van der Waals surface area (Å²) in [5.41, 5.74) is -4.77. The van der Waals surface area contributed by atoms with Gasteiger partial charge in [-0.2, -0.15) is 0 Å². The second kappa shape index (κ2) is 4.92. The number of carbonyl (C=O) groups is 2. The number of unbranched alkanes of at least 4 members (excludes halogenated alkanes) is 1. The van der Waals surface area contributed by atoms with Crippen LogP contribution in [0.2, 0.25) is 0 Å². The van der Waals surface area contributed by atoms with E-state index in [0.29, 0.717) is 25.3 Å². The lowest BCUT2D eigenvalue weighted by Gasteiger charge is -2.22. The summed E-state index contributed by atoms with van der Waals surface area (Å²) >= 11 is 0. The molecule has 2 aliphatic heterocycles. The Morgan fingerprint density at radius 1 is 1.29 bits per heavy atom. The second-order valence-electron chi connectivity index (χ2n) is 6.75. The Labute approximate surface area is 123 Å². The van der Waals surface area contributed by atoms with E-state index in [4.69, 9.17) is 0 Å². The molecule has 1 aliphatic carbocycles. The number of hydrogen-bond acceptors (Lipinski definition) is 2. The number of likely N-dealkylation sites (tertiary alicyclic amines) is 2. The summed E-state index contributed by atoms with van der Waals surface area (Å²) < 4.78 is 29.9. The first-order valence-electron chi connectivity index (χ1n) is 7.84. The lowest BCUT2D eigenvalue weighted by atomic mass is 9.93. The van der Waals surface area contributed by atoms with Crippen molar-refractivity contribution in [1.82, 2.24) is 9.80 Å². The van der Waals surface area contributed by atoms with Crippen LogP contribution in [0, 0.1) is 5.92 Å². The van der Waals surface area contributed by atoms with Crippen molar-refractivity contribution < 1.29 is 18.4 Å². The Morgan fingerprint density at radius 2 is 2.00 bits per heavy atom. The van der Waals surface area contributed by atoms with Crippen LogP contribution in [-0.2, 0) is 9.59 Å². The van der Waals surface area contributed by atoms with Crippen molar-refractivity contribution in [3.63, 3.8) is 0 Å². The third-order valence-corrected chi connectivity index (χ3v) is 4.90. The number of nitrogens with zero attached hydrogens (tertiary/aromatic N) is 2. The summed E-state index contributed by atoms with van der Waals surface area (Å²) in [5.74, 6) is -0.605. The Bertz CT molecular complexity index is 469. The predicted octanol–water partition coefficient (Wildman–Crippen LogP) is 1.69. The van der Waals surface area contributed by atoms with Gasteiger partial charge < -0.3 is 9.80 Å². The molecule has 0 aromatic carbocycles. The zero-order valence-corrected chi connectivity index (χ0v) is 12.4. The highest BCUT2D eigenvalue weighted by Crippen LogP contribution is 2.46. The second-order valence-corrected chi connectivity index (χ2v) is 6.75. The minimum Gasteiger partial charge on any atom is -0.336 e. The van der Waals surface area contributed by atoms with E-state index in [1.807, 2.05) is 6.92 Å². The largest absolute Gasteiger partial charge is 0.336 e. The van der Waals surface area contributed by atoms with E-state index in [1.54, 1.807) is 0 Å². The van der Waals surface area contributed by atoms with Crippen LogP contribution in [0.25, 0.3) is 0 Å². The first-order chi connectivity index (χ1) is 9.89. The molecular formula is C15H22F2N2O2. The average molecular weight is 300 g/mol. The highest BCUT2D eigenvalue weighted by atomic mass is 19.2. The predicted molar refractivity (Wildman–Crippen MR) is 73.1 cm³/mol. The summed E-state index contributed by atoms with van der Waals surface area (Å²) in [5, 5.41) is 0. The van der Waals surface area contributed by atoms with Gasteiger partial charge in [0.1, 0.15) is 0 Å². The van der Waals surface area contributed by atoms with Gasteiger partial charge in [0, 0.05) is 13.0 Å². The van der Waals surface area contributed by atoms with Gasteiger partial charge in [-0.3, -0.25) is 9.59 Å². The van der Waals surface area contributed by atoms with E-state index < -0.39 is 23.8 Å². The van der Waals surface area contributed by atoms with E-state index >= 15 is 0 Å². The van der Waals surface area contributed by atoms with Gasteiger partial charge in [0.2, 0.25) is 11.6 Å². The number of fused-ring (bicyclic) bond motifs is 1. The van der Waals surface area contributed by atoms with Gasteiger partial charge in [0.15, 0.2) is 5.67 Å². The van der Waals surface area contributed by atoms with Crippen molar-refractivity contribution in [3.8, 4) is 0 Å². The van der Waals surface area contributed by atoms with Gasteiger partial charge in [-0.1, -0.05) is 13.3 Å². The third-order valence-electron chi connectivity index (χ3n) is 4.90. The quantitative estimate of drug-likeness (QED) is 0.775. The average Bonchev–Trinajstić information content (AvgIpc) is 3.17. The molecule has 0 radical (unpaired) electrons. The maximum absolute atomic E-state index is 15.0. The number of alkyl halides is 2. The number of halogens is 2. The normalized spacial score (nSPS) is 35.5. The number of amides is 2. The topological polar surface area (TPSA) is 40.6 Å². The van der Waals surface area contributed by atoms with Gasteiger partial charge in [-0.15, -0.1) is 0 Å². The first kappa shape index (κ1) is 14.7. The molecule has 6 heteroatoms. The Morgan fingerprint density at radius 3 is 2.57 bits per heavy atom. The van der Waals surface area contributed by atoms with E-state index in [1.165, 1.54) is 9.80 Å². The Kier molecular flexibility index (Phi) is 3.45. The molecule has 0 N–H and O–H groups in total. The molecule has 3 fully saturated rings. The first-order valence-corrected chi connectivity index (χ1v) is 7.84. The molecule has 3 rings (SSSR count). The number of hydrogen-bond donors (Lipinski definition) is 0. The van der Waals surface area contributed by atoms with E-state index in [-0.39, 0.29) is 19.0 Å². The molecular weight excluding hydrogens is 278 g/mol. The van der Waals surface area contributed by atoms with Crippen molar-refractivity contribution in [1.29, 1.82) is 0 Å². The maximum Gasteiger partial charge on any atom is 0.265 e. The summed E-state index contributed by atoms with van der Waals surface area (Å²) in [6, 6.07) is 0. The van der Waals surface area contributed by atoms with Crippen molar-refractivity contribution in [2.75, 3.05) is 26.2 Å². The van der Waals surface area contributed by atoms with Gasteiger partial charge in [0.25, 0.3) is 5.91 Å². The van der Waals surface area contributed by atoms with E-state index in [2.05, 4.69) is 0 Å². The van der Waals surface area contributed by atoms with Crippen molar-refractivity contribution in [3.05, 3.63) is 0 Å². The van der Waals surface area contributed by atoms with Crippen LogP contribution in [0.1, 0.15) is 39.0 Å². The molecule has 3 aliphatic rings. The molecule has 2 saturated heterocycles. The minimum atomic E-state index is -2.54. The van der Waals surface area contributed by atoms with Crippen LogP contribution in [0.15, 0.2) is 0 Å². The van der Waals surface area contributed by atoms with Gasteiger partial charge in [-0.25, -0.2) is 8.78 Å². The van der Waals surface area contributed by atoms with Gasteiger partial charge >= 0.3 is 0 Å². The molecule has 0 aromatic heterocycles. The summed E-state index contributed by atoms with van der Waals surface area (Å²) in [6.45, 7) is 1.49. The van der Waals surface area contributed by atoms with Crippen LogP contribution in [0.4, 0.5) is 8.78 Å². The lowest BCUT2D eigenvalue weighted by Crippen LogP contribution is -2.47. The molecule has 1 saturated carbocycles. The number of rotatable bonds is 5. The number of carbonyl (C=O) groups excluding carboxylic acids is 2. The van der Waals surface area contributed by atoms with Crippen molar-refractivity contribution in [2.45, 2.75) is 50.4 Å². The molecule has 0 bridgehead atoms. The van der Waals surface area contributed by atoms with Crippen LogP contribution in [0.5, 0.6) is 0 Å². The minimum absolute atomic E-state index is 0.212. The molecule has 2 heterocycles. The van der Waals surface area contributed by atoms with Crippen LogP contribution < -0.4 is 0 Å². The molecule has 2 amide bonds. The van der Waals surface area contributed by atoms with Crippen molar-refractivity contribution in [2.24, 2.45) is 5.92 Å². The molecule has 2 atom stereocenters. The van der Waals surface area contributed by atoms with Crippen LogP contribution in [0.3, 0.4) is 0 Å². The summed E-state index contributed by atoms with van der Waals surface area (Å²) in [6.07, 6.45) is 3.92. The van der Waals surface area contributed by atoms with Crippen molar-refractivity contribution >= 4 is 11.8 Å². The molecule has 4 nitrogen and oxygen atoms in total. The fourth-order valence-electron chi connectivity index (χ4n) is 3.37. The highest BCUT2D eigenvalue weighted by molar-refractivity contribution is 5.92. The van der Waals surface area contributed by atoms with E-state index in [0.717, 1.165) is 19.3 Å². The van der Waals surface area contributed by atoms with Gasteiger partial charge in [0.05, 0.1) is 19.6 Å². The monoisotopic (exact) mass is 300 g/mol. The third kappa shape index (κ3) is 2.32. The van der Waals surface area contributed by atoms with Crippen LogP contribution >= 0.6 is 0 Å². The maximum atomic E-state index is 15.0. The molecule has 0 aromatic rings. The fourth-order valence-corrected chi connectivity index (χ4v) is 3.37. The Balaban J connectivity index is 1.70. The Hall–Kier alpha value is -1.20. The summed E-state index contributed by atoms with van der Waals surface area (Å²) in [4.78, 5) is 26.7. The zero-order valence-electron chi connectivity index (χ0n) is 12.4. The standard InChI is InChI=1S/C15H22F2N2O2/c1-2-3-4-12(20)19-9-14(16)8-18(7-11-5-6-11)13(21)15(14,17)10-19/h11H,2-10H2,1H3/t14-,15-/m0/s1. The highest BCUT2D eigenvalue weighted by Gasteiger charge is 2.71. The molecule has 118 valence electrons. The van der Waals surface area contributed by atoms with Gasteiger partial charge in [-0.05, 0) is 25.2 Å². The van der Waals surface area contributed by atoms with Crippen LogP contribution in [-0.4, -0.2) is 59.1 Å². The molecule has 0 spiro atoms. The zero-order chi connectivity index (χ0) is 15.3. The fraction of sp³-hybridized carbons (Fsp3) is 0.867. The summed E-state index contributed by atoms with van der Waals surface area (Å²) in [7, 11) is 0.